The zero-order chi connectivity index (χ0) is 24.1. The predicted molar refractivity (Wildman–Crippen MR) is 125 cm³/mol. The molecule has 0 heterocycles. The van der Waals surface area contributed by atoms with Gasteiger partial charge in [-0.3, -0.25) is 4.79 Å². The second kappa shape index (κ2) is 10.6. The topological polar surface area (TPSA) is 131 Å². The molecule has 1 aliphatic rings. The monoisotopic (exact) mass is 495 g/mol. The first-order chi connectivity index (χ1) is 15.6. The Morgan fingerprint density at radius 2 is 1.58 bits per heavy atom. The Morgan fingerprint density at radius 3 is 2.21 bits per heavy atom. The van der Waals surface area contributed by atoms with Crippen LogP contribution in [0.1, 0.15) is 37.7 Å². The van der Waals surface area contributed by atoms with Gasteiger partial charge in [0.05, 0.1) is 9.79 Å². The third-order valence-electron chi connectivity index (χ3n) is 5.49. The van der Waals surface area contributed by atoms with Crippen molar-refractivity contribution in [2.45, 2.75) is 54.9 Å². The molecular formula is C22H29N3O6S2. The summed E-state index contributed by atoms with van der Waals surface area (Å²) in [6.07, 6.45) is 4.88. The molecule has 0 unspecified atom stereocenters. The molecule has 1 fully saturated rings. The maximum absolute atomic E-state index is 12.6. The van der Waals surface area contributed by atoms with Crippen LogP contribution in [0.2, 0.25) is 0 Å². The van der Waals surface area contributed by atoms with E-state index >= 15 is 0 Å². The molecule has 0 atom stereocenters. The fourth-order valence-corrected chi connectivity index (χ4v) is 5.64. The van der Waals surface area contributed by atoms with Gasteiger partial charge >= 0.3 is 0 Å². The summed E-state index contributed by atoms with van der Waals surface area (Å²) in [6.45, 7) is 1.42. The van der Waals surface area contributed by atoms with Crippen molar-refractivity contribution in [3.63, 3.8) is 0 Å². The number of benzene rings is 2. The lowest BCUT2D eigenvalue weighted by atomic mass is 9.96. The number of hydrogen-bond acceptors (Lipinski definition) is 6. The van der Waals surface area contributed by atoms with Gasteiger partial charge in [-0.1, -0.05) is 25.3 Å². The standard InChI is InChI=1S/C22H29N3O6S2/c1-16-8-11-20(32(27,28)23-2)14-21(16)24-22(26)15-31-18-9-12-19(13-10-18)33(29,30)25-17-6-4-3-5-7-17/h8-14,17,23,25H,3-7,15H2,1-2H3,(H,24,26). The molecule has 0 saturated heterocycles. The van der Waals surface area contributed by atoms with Gasteiger partial charge in [0.2, 0.25) is 20.0 Å². The number of sulfonamides is 2. The van der Waals surface area contributed by atoms with Gasteiger partial charge in [-0.2, -0.15) is 0 Å². The average molecular weight is 496 g/mol. The average Bonchev–Trinajstić information content (AvgIpc) is 2.79. The third-order valence-corrected chi connectivity index (χ3v) is 8.44. The van der Waals surface area contributed by atoms with Crippen LogP contribution in [0.4, 0.5) is 5.69 Å². The van der Waals surface area contributed by atoms with E-state index in [4.69, 9.17) is 4.74 Å². The molecule has 1 amide bonds. The van der Waals surface area contributed by atoms with Crippen molar-refractivity contribution in [3.8, 4) is 5.75 Å². The molecule has 1 saturated carbocycles. The molecule has 33 heavy (non-hydrogen) atoms. The molecule has 3 N–H and O–H groups in total. The summed E-state index contributed by atoms with van der Waals surface area (Å²) in [7, 11) is -5.94. The van der Waals surface area contributed by atoms with E-state index in [1.54, 1.807) is 13.0 Å². The van der Waals surface area contributed by atoms with Gasteiger partial charge in [0.15, 0.2) is 6.61 Å². The van der Waals surface area contributed by atoms with Crippen LogP contribution in [0.5, 0.6) is 5.75 Å². The van der Waals surface area contributed by atoms with Gasteiger partial charge in [0.25, 0.3) is 5.91 Å². The highest BCUT2D eigenvalue weighted by Gasteiger charge is 2.22. The number of rotatable bonds is 9. The van der Waals surface area contributed by atoms with Crippen LogP contribution in [0.25, 0.3) is 0 Å². The van der Waals surface area contributed by atoms with E-state index in [1.807, 2.05) is 0 Å². The van der Waals surface area contributed by atoms with Gasteiger partial charge in [-0.05, 0) is 68.8 Å². The summed E-state index contributed by atoms with van der Waals surface area (Å²) in [5.41, 5.74) is 1.05. The van der Waals surface area contributed by atoms with E-state index in [1.165, 1.54) is 43.4 Å². The van der Waals surface area contributed by atoms with Crippen molar-refractivity contribution in [2.75, 3.05) is 19.0 Å². The molecule has 11 heteroatoms. The molecule has 2 aromatic rings. The largest absolute Gasteiger partial charge is 0.484 e. The van der Waals surface area contributed by atoms with E-state index < -0.39 is 26.0 Å². The van der Waals surface area contributed by atoms with Gasteiger partial charge in [0.1, 0.15) is 5.75 Å². The summed E-state index contributed by atoms with van der Waals surface area (Å²) in [5, 5.41) is 2.64. The summed E-state index contributed by atoms with van der Waals surface area (Å²) in [6, 6.07) is 10.3. The first-order valence-electron chi connectivity index (χ1n) is 10.7. The molecule has 9 nitrogen and oxygen atoms in total. The van der Waals surface area contributed by atoms with E-state index in [2.05, 4.69) is 14.8 Å². The number of carbonyl (C=O) groups is 1. The Bertz CT molecular complexity index is 1190. The van der Waals surface area contributed by atoms with E-state index in [9.17, 15) is 21.6 Å². The number of nitrogens with one attached hydrogen (secondary N) is 3. The lowest BCUT2D eigenvalue weighted by Gasteiger charge is -2.22. The minimum atomic E-state index is -3.64. The van der Waals surface area contributed by atoms with Crippen LogP contribution in [-0.4, -0.2) is 42.4 Å². The molecule has 0 bridgehead atoms. The van der Waals surface area contributed by atoms with Crippen LogP contribution in [0.3, 0.4) is 0 Å². The summed E-state index contributed by atoms with van der Waals surface area (Å²) >= 11 is 0. The first kappa shape index (κ1) is 25.2. The molecule has 180 valence electrons. The lowest BCUT2D eigenvalue weighted by molar-refractivity contribution is -0.118. The molecule has 3 rings (SSSR count). The number of ether oxygens (including phenoxy) is 1. The van der Waals surface area contributed by atoms with E-state index in [0.29, 0.717) is 17.0 Å². The molecule has 2 aromatic carbocycles. The van der Waals surface area contributed by atoms with Crippen molar-refractivity contribution in [1.82, 2.24) is 9.44 Å². The normalized spacial score (nSPS) is 15.2. The zero-order valence-electron chi connectivity index (χ0n) is 18.6. The Morgan fingerprint density at radius 1 is 0.939 bits per heavy atom. The zero-order valence-corrected chi connectivity index (χ0v) is 20.3. The van der Waals surface area contributed by atoms with Crippen LogP contribution in [-0.2, 0) is 24.8 Å². The van der Waals surface area contributed by atoms with Gasteiger partial charge < -0.3 is 10.1 Å². The Labute approximate surface area is 195 Å². The Hall–Kier alpha value is -2.47. The highest BCUT2D eigenvalue weighted by Crippen LogP contribution is 2.22. The highest BCUT2D eigenvalue weighted by molar-refractivity contribution is 7.89. The minimum Gasteiger partial charge on any atom is -0.484 e. The smallest absolute Gasteiger partial charge is 0.262 e. The molecule has 0 aromatic heterocycles. The van der Waals surface area contributed by atoms with Crippen LogP contribution >= 0.6 is 0 Å². The third kappa shape index (κ3) is 6.76. The molecule has 0 aliphatic heterocycles. The maximum Gasteiger partial charge on any atom is 0.262 e. The second-order valence-corrected chi connectivity index (χ2v) is 11.5. The van der Waals surface area contributed by atoms with Crippen molar-refractivity contribution >= 4 is 31.6 Å². The fourth-order valence-electron chi connectivity index (χ4n) is 3.58. The molecule has 1 aliphatic carbocycles. The molecule has 0 radical (unpaired) electrons. The van der Waals surface area contributed by atoms with Crippen molar-refractivity contribution in [1.29, 1.82) is 0 Å². The highest BCUT2D eigenvalue weighted by atomic mass is 32.2. The maximum atomic E-state index is 12.6. The minimum absolute atomic E-state index is 0.0328. The number of hydrogen-bond donors (Lipinski definition) is 3. The number of carbonyl (C=O) groups excluding carboxylic acids is 1. The van der Waals surface area contributed by atoms with Crippen molar-refractivity contribution in [3.05, 3.63) is 48.0 Å². The first-order valence-corrected chi connectivity index (χ1v) is 13.7. The van der Waals surface area contributed by atoms with Crippen LogP contribution in [0, 0.1) is 6.92 Å². The molecular weight excluding hydrogens is 466 g/mol. The Kier molecular flexibility index (Phi) is 8.11. The summed E-state index contributed by atoms with van der Waals surface area (Å²) in [5.74, 6) is -0.141. The van der Waals surface area contributed by atoms with Crippen LogP contribution < -0.4 is 19.5 Å². The number of anilines is 1. The summed E-state index contributed by atoms with van der Waals surface area (Å²) in [4.78, 5) is 12.5. The fraction of sp³-hybridized carbons (Fsp3) is 0.409. The lowest BCUT2D eigenvalue weighted by Crippen LogP contribution is -2.36. The van der Waals surface area contributed by atoms with Crippen LogP contribution in [0.15, 0.2) is 52.3 Å². The number of aryl methyl sites for hydroxylation is 1. The van der Waals surface area contributed by atoms with Gasteiger partial charge in [-0.15, -0.1) is 0 Å². The van der Waals surface area contributed by atoms with Crippen molar-refractivity contribution < 1.29 is 26.4 Å². The van der Waals surface area contributed by atoms with Gasteiger partial charge in [0, 0.05) is 11.7 Å². The number of amides is 1. The summed E-state index contributed by atoms with van der Waals surface area (Å²) < 4.78 is 59.5. The SMILES string of the molecule is CNS(=O)(=O)c1ccc(C)c(NC(=O)COc2ccc(S(=O)(=O)NC3CCCCC3)cc2)c1. The quantitative estimate of drug-likeness (QED) is 0.490. The molecule has 0 spiro atoms. The van der Waals surface area contributed by atoms with E-state index in [-0.39, 0.29) is 22.4 Å². The van der Waals surface area contributed by atoms with Crippen molar-refractivity contribution in [2.24, 2.45) is 0 Å². The van der Waals surface area contributed by atoms with Gasteiger partial charge in [-0.25, -0.2) is 26.3 Å². The second-order valence-electron chi connectivity index (χ2n) is 7.95. The predicted octanol–water partition coefficient (Wildman–Crippen LogP) is 2.53. The Balaban J connectivity index is 1.58. The van der Waals surface area contributed by atoms with E-state index in [0.717, 1.165) is 32.1 Å².